The lowest BCUT2D eigenvalue weighted by molar-refractivity contribution is -0.138. The summed E-state index contributed by atoms with van der Waals surface area (Å²) in [7, 11) is 0. The molecule has 0 bridgehead atoms. The van der Waals surface area contributed by atoms with Crippen LogP contribution in [0.15, 0.2) is 24.3 Å². The second kappa shape index (κ2) is 9.09. The van der Waals surface area contributed by atoms with Crippen molar-refractivity contribution >= 4 is 12.0 Å². The van der Waals surface area contributed by atoms with Crippen molar-refractivity contribution in [3.8, 4) is 0 Å². The number of rotatable bonds is 3. The lowest BCUT2D eigenvalue weighted by Gasteiger charge is -2.39. The topological polar surface area (TPSA) is 49.9 Å². The molecule has 1 heterocycles. The molecule has 1 saturated carbocycles. The van der Waals surface area contributed by atoms with Crippen LogP contribution in [0.25, 0.3) is 0 Å². The van der Waals surface area contributed by atoms with E-state index in [1.54, 1.807) is 30.6 Å². The van der Waals surface area contributed by atoms with Crippen molar-refractivity contribution in [3.63, 3.8) is 0 Å². The Morgan fingerprint density at radius 1 is 1.00 bits per heavy atom. The molecule has 31 heavy (non-hydrogen) atoms. The average molecular weight is 441 g/mol. The van der Waals surface area contributed by atoms with Crippen LogP contribution in [-0.2, 0) is 10.9 Å². The molecule has 0 spiro atoms. The second-order valence-corrected chi connectivity index (χ2v) is 9.42. The van der Waals surface area contributed by atoms with Gasteiger partial charge in [-0.2, -0.15) is 13.2 Å². The number of likely N-dealkylation sites (tertiary alicyclic amines) is 1. The van der Waals surface area contributed by atoms with Crippen molar-refractivity contribution < 1.29 is 27.5 Å². The maximum atomic E-state index is 13.6. The molecule has 1 aromatic rings. The van der Waals surface area contributed by atoms with E-state index >= 15 is 0 Å². The van der Waals surface area contributed by atoms with Gasteiger partial charge in [0.1, 0.15) is 5.60 Å². The Hall–Kier alpha value is -2.25. The van der Waals surface area contributed by atoms with Crippen molar-refractivity contribution in [2.45, 2.75) is 83.2 Å². The first-order valence-electron chi connectivity index (χ1n) is 10.9. The predicted octanol–water partition coefficient (Wildman–Crippen LogP) is 5.49. The monoisotopic (exact) mass is 440 g/mol. The molecular formula is C23H31F3N2O3. The predicted molar refractivity (Wildman–Crippen MR) is 111 cm³/mol. The molecule has 2 amide bonds. The van der Waals surface area contributed by atoms with Crippen molar-refractivity contribution in [2.24, 2.45) is 0 Å². The number of alkyl halides is 3. The molecule has 1 saturated heterocycles. The summed E-state index contributed by atoms with van der Waals surface area (Å²) in [4.78, 5) is 29.2. The maximum Gasteiger partial charge on any atom is 0.417 e. The standard InChI is InChI=1S/C23H31F3N2O3/c1-22(2,3)31-21(30)27-14-13-17(15-27)28(16-9-5-4-6-10-16)20(29)18-11-7-8-12-19(18)23(24,25)26/h7-8,11-12,16-17H,4-6,9-10,13-15H2,1-3H3/t17-/m0/s1. The molecule has 1 aliphatic carbocycles. The van der Waals surface area contributed by atoms with Crippen molar-refractivity contribution in [1.82, 2.24) is 9.80 Å². The largest absolute Gasteiger partial charge is 0.444 e. The Morgan fingerprint density at radius 3 is 2.26 bits per heavy atom. The van der Waals surface area contributed by atoms with E-state index < -0.39 is 29.3 Å². The van der Waals surface area contributed by atoms with E-state index in [0.29, 0.717) is 13.0 Å². The van der Waals surface area contributed by atoms with E-state index in [1.165, 1.54) is 18.2 Å². The van der Waals surface area contributed by atoms with E-state index in [1.807, 2.05) is 0 Å². The summed E-state index contributed by atoms with van der Waals surface area (Å²) in [6.07, 6.45) is -0.0617. The van der Waals surface area contributed by atoms with Gasteiger partial charge in [0, 0.05) is 19.1 Å². The Balaban J connectivity index is 1.87. The minimum atomic E-state index is -4.61. The molecule has 2 aliphatic rings. The first-order chi connectivity index (χ1) is 14.5. The molecule has 2 fully saturated rings. The smallest absolute Gasteiger partial charge is 0.417 e. The first kappa shape index (κ1) is 23.4. The van der Waals surface area contributed by atoms with Crippen LogP contribution in [-0.4, -0.2) is 52.6 Å². The second-order valence-electron chi connectivity index (χ2n) is 9.42. The van der Waals surface area contributed by atoms with Crippen LogP contribution < -0.4 is 0 Å². The molecule has 5 nitrogen and oxygen atoms in total. The normalized spacial score (nSPS) is 20.6. The zero-order valence-electron chi connectivity index (χ0n) is 18.4. The first-order valence-corrected chi connectivity index (χ1v) is 10.9. The van der Waals surface area contributed by atoms with Crippen LogP contribution in [0.3, 0.4) is 0 Å². The summed E-state index contributed by atoms with van der Waals surface area (Å²) >= 11 is 0. The fourth-order valence-electron chi connectivity index (χ4n) is 4.51. The third-order valence-electron chi connectivity index (χ3n) is 5.87. The van der Waals surface area contributed by atoms with E-state index in [0.717, 1.165) is 38.2 Å². The van der Waals surface area contributed by atoms with E-state index in [2.05, 4.69) is 0 Å². The third kappa shape index (κ3) is 5.71. The van der Waals surface area contributed by atoms with Crippen molar-refractivity contribution in [1.29, 1.82) is 0 Å². The van der Waals surface area contributed by atoms with Gasteiger partial charge in [0.15, 0.2) is 0 Å². The quantitative estimate of drug-likeness (QED) is 0.625. The van der Waals surface area contributed by atoms with Gasteiger partial charge >= 0.3 is 12.3 Å². The zero-order valence-corrected chi connectivity index (χ0v) is 18.4. The lowest BCUT2D eigenvalue weighted by atomic mass is 9.91. The van der Waals surface area contributed by atoms with Crippen LogP contribution >= 0.6 is 0 Å². The number of ether oxygens (including phenoxy) is 1. The summed E-state index contributed by atoms with van der Waals surface area (Å²) in [5.41, 5.74) is -1.88. The van der Waals surface area contributed by atoms with Gasteiger partial charge in [-0.25, -0.2) is 4.79 Å². The molecule has 0 N–H and O–H groups in total. The highest BCUT2D eigenvalue weighted by atomic mass is 19.4. The molecule has 172 valence electrons. The van der Waals surface area contributed by atoms with Gasteiger partial charge in [0.25, 0.3) is 5.91 Å². The number of amides is 2. The van der Waals surface area contributed by atoms with Gasteiger partial charge in [0.2, 0.25) is 0 Å². The molecule has 3 rings (SSSR count). The van der Waals surface area contributed by atoms with Crippen LogP contribution in [0.1, 0.15) is 75.2 Å². The summed E-state index contributed by atoms with van der Waals surface area (Å²) < 4.78 is 46.2. The molecule has 1 atom stereocenters. The number of benzene rings is 1. The molecule has 0 unspecified atom stereocenters. The number of nitrogens with zero attached hydrogens (tertiary/aromatic N) is 2. The van der Waals surface area contributed by atoms with Crippen LogP contribution in [0, 0.1) is 0 Å². The van der Waals surface area contributed by atoms with Gasteiger partial charge in [0.05, 0.1) is 17.2 Å². The van der Waals surface area contributed by atoms with Crippen LogP contribution in [0.5, 0.6) is 0 Å². The Bertz CT molecular complexity index is 798. The summed E-state index contributed by atoms with van der Waals surface area (Å²) in [6, 6.07) is 4.51. The number of carbonyl (C=O) groups is 2. The molecule has 1 aliphatic heterocycles. The van der Waals surface area contributed by atoms with Crippen LogP contribution in [0.4, 0.5) is 18.0 Å². The highest BCUT2D eigenvalue weighted by molar-refractivity contribution is 5.96. The number of hydrogen-bond donors (Lipinski definition) is 0. The minimum Gasteiger partial charge on any atom is -0.444 e. The highest BCUT2D eigenvalue weighted by Crippen LogP contribution is 2.35. The van der Waals surface area contributed by atoms with Gasteiger partial charge in [-0.1, -0.05) is 31.4 Å². The van der Waals surface area contributed by atoms with Gasteiger partial charge in [-0.15, -0.1) is 0 Å². The zero-order chi connectivity index (χ0) is 22.8. The van der Waals surface area contributed by atoms with Gasteiger partial charge in [-0.3, -0.25) is 4.79 Å². The Kier molecular flexibility index (Phi) is 6.86. The number of hydrogen-bond acceptors (Lipinski definition) is 3. The molecule has 8 heteroatoms. The maximum absolute atomic E-state index is 13.6. The van der Waals surface area contributed by atoms with Crippen molar-refractivity contribution in [2.75, 3.05) is 13.1 Å². The minimum absolute atomic E-state index is 0.119. The lowest BCUT2D eigenvalue weighted by Crippen LogP contribution is -2.50. The van der Waals surface area contributed by atoms with Crippen molar-refractivity contribution in [3.05, 3.63) is 35.4 Å². The highest BCUT2D eigenvalue weighted by Gasteiger charge is 2.41. The Labute approximate surface area is 181 Å². The van der Waals surface area contributed by atoms with E-state index in [9.17, 15) is 22.8 Å². The summed E-state index contributed by atoms with van der Waals surface area (Å²) in [5.74, 6) is -0.601. The SMILES string of the molecule is CC(C)(C)OC(=O)N1CC[C@H](N(C(=O)c2ccccc2C(F)(F)F)C2CCCCC2)C1. The summed E-state index contributed by atoms with van der Waals surface area (Å²) in [6.45, 7) is 6.03. The molecular weight excluding hydrogens is 409 g/mol. The number of halogens is 3. The summed E-state index contributed by atoms with van der Waals surface area (Å²) in [5, 5.41) is 0. The average Bonchev–Trinajstić information content (AvgIpc) is 3.17. The van der Waals surface area contributed by atoms with E-state index in [4.69, 9.17) is 4.74 Å². The fraction of sp³-hybridized carbons (Fsp3) is 0.652. The Morgan fingerprint density at radius 2 is 1.65 bits per heavy atom. The number of carbonyl (C=O) groups excluding carboxylic acids is 2. The fourth-order valence-corrected chi connectivity index (χ4v) is 4.51. The van der Waals surface area contributed by atoms with Crippen LogP contribution in [0.2, 0.25) is 0 Å². The van der Waals surface area contributed by atoms with Gasteiger partial charge < -0.3 is 14.5 Å². The van der Waals surface area contributed by atoms with E-state index in [-0.39, 0.29) is 24.2 Å². The molecule has 0 radical (unpaired) electrons. The van der Waals surface area contributed by atoms with Gasteiger partial charge in [-0.05, 0) is 52.2 Å². The molecule has 1 aromatic carbocycles. The molecule has 0 aromatic heterocycles. The third-order valence-corrected chi connectivity index (χ3v) is 5.87.